The summed E-state index contributed by atoms with van der Waals surface area (Å²) in [5.41, 5.74) is 1.89. The summed E-state index contributed by atoms with van der Waals surface area (Å²) >= 11 is 0. The molecule has 0 radical (unpaired) electrons. The molecule has 0 spiro atoms. The van der Waals surface area contributed by atoms with Crippen molar-refractivity contribution in [2.45, 2.75) is 19.1 Å². The van der Waals surface area contributed by atoms with Crippen LogP contribution >= 0.6 is 0 Å². The molecular weight excluding hydrogens is 322 g/mol. The van der Waals surface area contributed by atoms with E-state index < -0.39 is 6.09 Å². The van der Waals surface area contributed by atoms with Gasteiger partial charge in [-0.1, -0.05) is 30.3 Å². The third kappa shape index (κ3) is 3.96. The summed E-state index contributed by atoms with van der Waals surface area (Å²) in [6.45, 7) is 0.781. The van der Waals surface area contributed by atoms with Crippen LogP contribution in [0.5, 0.6) is 17.2 Å². The number of alkyl carbamates (subject to hydrolysis) is 1. The van der Waals surface area contributed by atoms with Crippen LogP contribution in [-0.2, 0) is 11.3 Å². The highest BCUT2D eigenvalue weighted by atomic mass is 16.6. The summed E-state index contributed by atoms with van der Waals surface area (Å²) in [4.78, 5) is 11.6. The second-order valence-electron chi connectivity index (χ2n) is 5.64. The molecule has 2 aromatic carbocycles. The molecule has 2 aromatic rings. The summed E-state index contributed by atoms with van der Waals surface area (Å²) in [5, 5.41) is 2.82. The van der Waals surface area contributed by atoms with E-state index in [4.69, 9.17) is 18.9 Å². The zero-order valence-corrected chi connectivity index (χ0v) is 14.3. The standard InChI is InChI=1S/C19H21NO5/c1-22-17-10-14(15-8-9-24-19(21)20-15)16(11-18(17)23-2)25-12-13-6-4-3-5-7-13/h3-7,10-11,15H,8-9,12H2,1-2H3,(H,20,21)/t15-/m0/s1. The molecule has 1 fully saturated rings. The Hall–Kier alpha value is -2.89. The summed E-state index contributed by atoms with van der Waals surface area (Å²) in [6, 6.07) is 13.3. The first-order valence-electron chi connectivity index (χ1n) is 8.07. The average Bonchev–Trinajstić information content (AvgIpc) is 2.66. The zero-order chi connectivity index (χ0) is 17.6. The van der Waals surface area contributed by atoms with Gasteiger partial charge in [0.15, 0.2) is 11.5 Å². The first-order chi connectivity index (χ1) is 12.2. The molecule has 0 aliphatic carbocycles. The summed E-state index contributed by atoms with van der Waals surface area (Å²) < 4.78 is 21.7. The van der Waals surface area contributed by atoms with Crippen LogP contribution in [0.25, 0.3) is 0 Å². The van der Waals surface area contributed by atoms with E-state index in [0.29, 0.717) is 36.9 Å². The lowest BCUT2D eigenvalue weighted by Crippen LogP contribution is -2.35. The Kier molecular flexibility index (Phi) is 5.28. The lowest BCUT2D eigenvalue weighted by Gasteiger charge is -2.26. The van der Waals surface area contributed by atoms with Crippen LogP contribution in [0.2, 0.25) is 0 Å². The second-order valence-corrected chi connectivity index (χ2v) is 5.64. The molecule has 1 atom stereocenters. The van der Waals surface area contributed by atoms with Crippen molar-refractivity contribution in [3.05, 3.63) is 53.6 Å². The zero-order valence-electron chi connectivity index (χ0n) is 14.3. The first kappa shape index (κ1) is 17.0. The fraction of sp³-hybridized carbons (Fsp3) is 0.316. The van der Waals surface area contributed by atoms with Crippen LogP contribution < -0.4 is 19.5 Å². The predicted octanol–water partition coefficient (Wildman–Crippen LogP) is 3.45. The number of nitrogens with one attached hydrogen (secondary N) is 1. The van der Waals surface area contributed by atoms with Crippen molar-refractivity contribution >= 4 is 6.09 Å². The Morgan fingerprint density at radius 3 is 2.48 bits per heavy atom. The molecule has 1 saturated heterocycles. The molecule has 1 aliphatic rings. The number of methoxy groups -OCH3 is 2. The Morgan fingerprint density at radius 2 is 1.80 bits per heavy atom. The molecule has 0 bridgehead atoms. The number of hydrogen-bond donors (Lipinski definition) is 1. The molecule has 6 heteroatoms. The number of hydrogen-bond acceptors (Lipinski definition) is 5. The summed E-state index contributed by atoms with van der Waals surface area (Å²) in [6.07, 6.45) is 0.225. The first-order valence-corrected chi connectivity index (χ1v) is 8.07. The summed E-state index contributed by atoms with van der Waals surface area (Å²) in [5.74, 6) is 1.81. The molecule has 0 saturated carbocycles. The lowest BCUT2D eigenvalue weighted by atomic mass is 10.0. The SMILES string of the molecule is COc1cc(OCc2ccccc2)c([C@@H]2CCOC(=O)N2)cc1OC. The Bertz CT molecular complexity index is 732. The maximum Gasteiger partial charge on any atom is 0.407 e. The maximum atomic E-state index is 11.6. The fourth-order valence-corrected chi connectivity index (χ4v) is 2.77. The van der Waals surface area contributed by atoms with Gasteiger partial charge in [0, 0.05) is 18.1 Å². The van der Waals surface area contributed by atoms with Gasteiger partial charge in [0.05, 0.1) is 26.9 Å². The van der Waals surface area contributed by atoms with Crippen LogP contribution in [0.3, 0.4) is 0 Å². The van der Waals surface area contributed by atoms with Crippen LogP contribution in [-0.4, -0.2) is 26.9 Å². The molecule has 132 valence electrons. The number of cyclic esters (lactones) is 1. The number of carbonyl (C=O) groups excluding carboxylic acids is 1. The maximum absolute atomic E-state index is 11.6. The highest BCUT2D eigenvalue weighted by molar-refractivity contribution is 5.69. The monoisotopic (exact) mass is 343 g/mol. The van der Waals surface area contributed by atoms with E-state index in [-0.39, 0.29) is 6.04 Å². The van der Waals surface area contributed by atoms with Gasteiger partial charge in [-0.15, -0.1) is 0 Å². The highest BCUT2D eigenvalue weighted by Gasteiger charge is 2.26. The van der Waals surface area contributed by atoms with Gasteiger partial charge in [-0.3, -0.25) is 0 Å². The van der Waals surface area contributed by atoms with Gasteiger partial charge in [0.25, 0.3) is 0 Å². The molecule has 1 aliphatic heterocycles. The Balaban J connectivity index is 1.91. The van der Waals surface area contributed by atoms with E-state index in [1.165, 1.54) is 0 Å². The van der Waals surface area contributed by atoms with Crippen molar-refractivity contribution < 1.29 is 23.7 Å². The average molecular weight is 343 g/mol. The smallest absolute Gasteiger partial charge is 0.407 e. The number of amides is 1. The van der Waals surface area contributed by atoms with E-state index >= 15 is 0 Å². The highest BCUT2D eigenvalue weighted by Crippen LogP contribution is 2.39. The quantitative estimate of drug-likeness (QED) is 0.870. The predicted molar refractivity (Wildman–Crippen MR) is 92.2 cm³/mol. The van der Waals surface area contributed by atoms with Gasteiger partial charge >= 0.3 is 6.09 Å². The van der Waals surface area contributed by atoms with Gasteiger partial charge in [-0.05, 0) is 11.6 Å². The van der Waals surface area contributed by atoms with Crippen LogP contribution in [0.4, 0.5) is 4.79 Å². The van der Waals surface area contributed by atoms with E-state index in [1.807, 2.05) is 36.4 Å². The largest absolute Gasteiger partial charge is 0.493 e. The molecule has 25 heavy (non-hydrogen) atoms. The van der Waals surface area contributed by atoms with E-state index in [0.717, 1.165) is 11.1 Å². The van der Waals surface area contributed by atoms with Crippen molar-refractivity contribution in [2.24, 2.45) is 0 Å². The molecule has 0 aromatic heterocycles. The van der Waals surface area contributed by atoms with Gasteiger partial charge in [-0.2, -0.15) is 0 Å². The van der Waals surface area contributed by atoms with Crippen molar-refractivity contribution in [2.75, 3.05) is 20.8 Å². The van der Waals surface area contributed by atoms with Crippen molar-refractivity contribution in [3.63, 3.8) is 0 Å². The molecule has 3 rings (SSSR count). The number of ether oxygens (including phenoxy) is 4. The molecule has 0 unspecified atom stereocenters. The molecule has 6 nitrogen and oxygen atoms in total. The number of rotatable bonds is 6. The minimum Gasteiger partial charge on any atom is -0.493 e. The van der Waals surface area contributed by atoms with Gasteiger partial charge in [-0.25, -0.2) is 4.79 Å². The molecule has 1 heterocycles. The van der Waals surface area contributed by atoms with Crippen LogP contribution in [0, 0.1) is 0 Å². The van der Waals surface area contributed by atoms with Gasteiger partial charge in [0.2, 0.25) is 0 Å². The van der Waals surface area contributed by atoms with Crippen LogP contribution in [0.15, 0.2) is 42.5 Å². The normalized spacial score (nSPS) is 16.6. The van der Waals surface area contributed by atoms with E-state index in [9.17, 15) is 4.79 Å². The minimum atomic E-state index is -0.431. The third-order valence-electron chi connectivity index (χ3n) is 4.06. The fourth-order valence-electron chi connectivity index (χ4n) is 2.77. The van der Waals surface area contributed by atoms with Crippen molar-refractivity contribution in [3.8, 4) is 17.2 Å². The molecular formula is C19H21NO5. The van der Waals surface area contributed by atoms with Crippen LogP contribution in [0.1, 0.15) is 23.6 Å². The van der Waals surface area contributed by atoms with E-state index in [1.54, 1.807) is 20.3 Å². The Morgan fingerprint density at radius 1 is 1.08 bits per heavy atom. The number of carbonyl (C=O) groups is 1. The second kappa shape index (κ2) is 7.79. The summed E-state index contributed by atoms with van der Waals surface area (Å²) in [7, 11) is 3.16. The lowest BCUT2D eigenvalue weighted by molar-refractivity contribution is 0.115. The van der Waals surface area contributed by atoms with E-state index in [2.05, 4.69) is 5.32 Å². The Labute approximate surface area is 146 Å². The third-order valence-corrected chi connectivity index (χ3v) is 4.06. The topological polar surface area (TPSA) is 66.0 Å². The molecule has 1 amide bonds. The number of benzene rings is 2. The van der Waals surface area contributed by atoms with Gasteiger partial charge in [0.1, 0.15) is 12.4 Å². The molecule has 1 N–H and O–H groups in total. The van der Waals surface area contributed by atoms with Gasteiger partial charge < -0.3 is 24.3 Å². The van der Waals surface area contributed by atoms with Crippen molar-refractivity contribution in [1.29, 1.82) is 0 Å². The minimum absolute atomic E-state index is 0.202. The van der Waals surface area contributed by atoms with Crippen molar-refractivity contribution in [1.82, 2.24) is 5.32 Å².